The molecule has 0 saturated heterocycles. The molecule has 0 fully saturated rings. The third kappa shape index (κ3) is 2.01. The summed E-state index contributed by atoms with van der Waals surface area (Å²) in [5, 5.41) is 8.64. The largest absolute Gasteiger partial charge is 0.292 e. The van der Waals surface area contributed by atoms with E-state index in [9.17, 15) is 0 Å². The number of nitrogens with zero attached hydrogens (tertiary/aromatic N) is 2. The van der Waals surface area contributed by atoms with Crippen molar-refractivity contribution in [3.05, 3.63) is 47.5 Å². The second kappa shape index (κ2) is 4.08. The van der Waals surface area contributed by atoms with E-state index in [1.807, 2.05) is 24.3 Å². The molecule has 1 aliphatic heterocycles. The molecule has 2 nitrogen and oxygen atoms in total. The summed E-state index contributed by atoms with van der Waals surface area (Å²) in [4.78, 5) is 2.35. The molecule has 1 aromatic carbocycles. The average Bonchev–Trinajstić information content (AvgIpc) is 2.72. The molecule has 1 heterocycles. The van der Waals surface area contributed by atoms with Crippen molar-refractivity contribution in [2.24, 2.45) is 0 Å². The first kappa shape index (κ1) is 8.98. The zero-order valence-electron chi connectivity index (χ0n) is 7.98. The molecule has 1 aliphatic rings. The van der Waals surface area contributed by atoms with Crippen LogP contribution in [0.15, 0.2) is 36.4 Å². The number of hydrogen-bond donors (Lipinski definition) is 0. The van der Waals surface area contributed by atoms with Gasteiger partial charge in [-0.2, -0.15) is 5.26 Å². The van der Waals surface area contributed by atoms with E-state index >= 15 is 0 Å². The highest BCUT2D eigenvalue weighted by Crippen LogP contribution is 2.09. The Morgan fingerprint density at radius 1 is 1.14 bits per heavy atom. The number of hydrogen-bond acceptors (Lipinski definition) is 2. The second-order valence-electron chi connectivity index (χ2n) is 3.47. The summed E-state index contributed by atoms with van der Waals surface area (Å²) in [6, 6.07) is 9.92. The van der Waals surface area contributed by atoms with Crippen molar-refractivity contribution >= 4 is 0 Å². The van der Waals surface area contributed by atoms with Gasteiger partial charge in [-0.25, -0.2) is 0 Å². The molecule has 0 N–H and O–H groups in total. The third-order valence-corrected chi connectivity index (χ3v) is 2.38. The van der Waals surface area contributed by atoms with Crippen LogP contribution in [-0.2, 0) is 6.54 Å². The number of benzene rings is 1. The van der Waals surface area contributed by atoms with Gasteiger partial charge in [0, 0.05) is 19.6 Å². The van der Waals surface area contributed by atoms with Crippen molar-refractivity contribution < 1.29 is 0 Å². The SMILES string of the molecule is N#Cc1ccc(CN2CC=CC2)cc1. The van der Waals surface area contributed by atoms with Gasteiger partial charge in [-0.3, -0.25) is 4.90 Å². The summed E-state index contributed by atoms with van der Waals surface area (Å²) in [7, 11) is 0. The molecule has 0 aromatic heterocycles. The molecule has 0 saturated carbocycles. The van der Waals surface area contributed by atoms with E-state index in [1.54, 1.807) is 0 Å². The van der Waals surface area contributed by atoms with E-state index in [4.69, 9.17) is 5.26 Å². The third-order valence-electron chi connectivity index (χ3n) is 2.38. The summed E-state index contributed by atoms with van der Waals surface area (Å²) >= 11 is 0. The smallest absolute Gasteiger partial charge is 0.0991 e. The molecule has 0 spiro atoms. The maximum Gasteiger partial charge on any atom is 0.0991 e. The molecule has 14 heavy (non-hydrogen) atoms. The molecular weight excluding hydrogens is 172 g/mol. The Balaban J connectivity index is 2.00. The van der Waals surface area contributed by atoms with Crippen molar-refractivity contribution in [1.29, 1.82) is 5.26 Å². The zero-order chi connectivity index (χ0) is 9.80. The maximum absolute atomic E-state index is 8.64. The lowest BCUT2D eigenvalue weighted by molar-refractivity contribution is 0.345. The summed E-state index contributed by atoms with van der Waals surface area (Å²) in [5.74, 6) is 0. The first-order valence-electron chi connectivity index (χ1n) is 4.75. The minimum absolute atomic E-state index is 0.730. The highest BCUT2D eigenvalue weighted by Gasteiger charge is 2.06. The average molecular weight is 184 g/mol. The minimum Gasteiger partial charge on any atom is -0.292 e. The van der Waals surface area contributed by atoms with Crippen LogP contribution in [0.3, 0.4) is 0 Å². The normalized spacial score (nSPS) is 15.6. The van der Waals surface area contributed by atoms with Gasteiger partial charge in [0.2, 0.25) is 0 Å². The Kier molecular flexibility index (Phi) is 2.62. The van der Waals surface area contributed by atoms with E-state index in [-0.39, 0.29) is 0 Å². The standard InChI is InChI=1S/C12H12N2/c13-9-11-3-5-12(6-4-11)10-14-7-1-2-8-14/h1-6H,7-8,10H2. The van der Waals surface area contributed by atoms with E-state index in [0.29, 0.717) is 0 Å². The van der Waals surface area contributed by atoms with E-state index in [0.717, 1.165) is 25.2 Å². The molecule has 0 radical (unpaired) electrons. The Morgan fingerprint density at radius 2 is 1.79 bits per heavy atom. The second-order valence-corrected chi connectivity index (χ2v) is 3.47. The van der Waals surface area contributed by atoms with Gasteiger partial charge in [-0.15, -0.1) is 0 Å². The first-order chi connectivity index (χ1) is 6.88. The van der Waals surface area contributed by atoms with E-state index in [2.05, 4.69) is 23.1 Å². The molecule has 2 rings (SSSR count). The van der Waals surface area contributed by atoms with Crippen molar-refractivity contribution in [2.45, 2.75) is 6.54 Å². The number of nitriles is 1. The zero-order valence-corrected chi connectivity index (χ0v) is 7.98. The molecule has 1 aromatic rings. The van der Waals surface area contributed by atoms with Gasteiger partial charge in [0.15, 0.2) is 0 Å². The fourth-order valence-corrected chi connectivity index (χ4v) is 1.59. The highest BCUT2D eigenvalue weighted by atomic mass is 15.1. The van der Waals surface area contributed by atoms with Gasteiger partial charge in [-0.05, 0) is 17.7 Å². The topological polar surface area (TPSA) is 27.0 Å². The van der Waals surface area contributed by atoms with E-state index < -0.39 is 0 Å². The van der Waals surface area contributed by atoms with Crippen LogP contribution < -0.4 is 0 Å². The summed E-state index contributed by atoms with van der Waals surface area (Å²) in [6.45, 7) is 3.05. The van der Waals surface area contributed by atoms with Gasteiger partial charge in [-0.1, -0.05) is 24.3 Å². The van der Waals surface area contributed by atoms with Crippen LogP contribution in [0.1, 0.15) is 11.1 Å². The van der Waals surface area contributed by atoms with Crippen LogP contribution in [0.2, 0.25) is 0 Å². The van der Waals surface area contributed by atoms with Crippen LogP contribution in [-0.4, -0.2) is 18.0 Å². The molecule has 0 atom stereocenters. The van der Waals surface area contributed by atoms with Gasteiger partial charge in [0.1, 0.15) is 0 Å². The monoisotopic (exact) mass is 184 g/mol. The molecular formula is C12H12N2. The summed E-state index contributed by atoms with van der Waals surface area (Å²) in [6.07, 6.45) is 4.37. The Hall–Kier alpha value is -1.59. The molecule has 2 heteroatoms. The van der Waals surface area contributed by atoms with Gasteiger partial charge in [0.25, 0.3) is 0 Å². The first-order valence-corrected chi connectivity index (χ1v) is 4.75. The fourth-order valence-electron chi connectivity index (χ4n) is 1.59. The quantitative estimate of drug-likeness (QED) is 0.657. The number of rotatable bonds is 2. The fraction of sp³-hybridized carbons (Fsp3) is 0.250. The van der Waals surface area contributed by atoms with Crippen molar-refractivity contribution in [1.82, 2.24) is 4.90 Å². The van der Waals surface area contributed by atoms with Crippen LogP contribution in [0, 0.1) is 11.3 Å². The van der Waals surface area contributed by atoms with Crippen LogP contribution >= 0.6 is 0 Å². The summed E-state index contributed by atoms with van der Waals surface area (Å²) in [5.41, 5.74) is 2.00. The van der Waals surface area contributed by atoms with Crippen molar-refractivity contribution in [3.63, 3.8) is 0 Å². The lowest BCUT2D eigenvalue weighted by atomic mass is 10.1. The molecule has 70 valence electrons. The summed E-state index contributed by atoms with van der Waals surface area (Å²) < 4.78 is 0. The highest BCUT2D eigenvalue weighted by molar-refractivity contribution is 5.31. The van der Waals surface area contributed by atoms with Crippen LogP contribution in [0.4, 0.5) is 0 Å². The lowest BCUT2D eigenvalue weighted by Gasteiger charge is -2.14. The Labute approximate surface area is 84.1 Å². The lowest BCUT2D eigenvalue weighted by Crippen LogP contribution is -2.18. The van der Waals surface area contributed by atoms with Crippen LogP contribution in [0.5, 0.6) is 0 Å². The Bertz CT molecular complexity index is 362. The molecule has 0 bridgehead atoms. The predicted molar refractivity (Wildman–Crippen MR) is 55.6 cm³/mol. The van der Waals surface area contributed by atoms with Crippen molar-refractivity contribution in [2.75, 3.05) is 13.1 Å². The minimum atomic E-state index is 0.730. The van der Waals surface area contributed by atoms with Crippen molar-refractivity contribution in [3.8, 4) is 6.07 Å². The Morgan fingerprint density at radius 3 is 2.36 bits per heavy atom. The van der Waals surface area contributed by atoms with Crippen LogP contribution in [0.25, 0.3) is 0 Å². The van der Waals surface area contributed by atoms with Gasteiger partial charge < -0.3 is 0 Å². The molecule has 0 unspecified atom stereocenters. The van der Waals surface area contributed by atoms with E-state index in [1.165, 1.54) is 5.56 Å². The maximum atomic E-state index is 8.64. The predicted octanol–water partition coefficient (Wildman–Crippen LogP) is 1.93. The molecule has 0 aliphatic carbocycles. The van der Waals surface area contributed by atoms with Gasteiger partial charge >= 0.3 is 0 Å². The molecule has 0 amide bonds. The van der Waals surface area contributed by atoms with Gasteiger partial charge in [0.05, 0.1) is 11.6 Å².